The molecule has 0 aliphatic carbocycles. The van der Waals surface area contributed by atoms with Gasteiger partial charge in [-0.05, 0) is 11.6 Å². The Morgan fingerprint density at radius 2 is 1.54 bits per heavy atom. The highest BCUT2D eigenvalue weighted by Gasteiger charge is 2.20. The summed E-state index contributed by atoms with van der Waals surface area (Å²) >= 11 is 0. The number of pyridine rings is 1. The maximum absolute atomic E-state index is 11.8. The van der Waals surface area contributed by atoms with Crippen molar-refractivity contribution in [3.8, 4) is 0 Å². The molecule has 0 spiro atoms. The molecule has 0 fully saturated rings. The predicted octanol–water partition coefficient (Wildman–Crippen LogP) is -3.50. The smallest absolute Gasteiger partial charge is 0.326 e. The van der Waals surface area contributed by atoms with Crippen LogP contribution in [0.2, 0.25) is 0 Å². The SMILES string of the molecule is NCC(=O)NCC(=O)NCC(=O)NCC(=O)N[C@@H](Cc1cccnc1)C(=O)O. The van der Waals surface area contributed by atoms with Crippen LogP contribution in [0.4, 0.5) is 0 Å². The fourth-order valence-electron chi connectivity index (χ4n) is 1.93. The van der Waals surface area contributed by atoms with Crippen molar-refractivity contribution < 1.29 is 29.1 Å². The Hall–Kier alpha value is -3.54. The maximum atomic E-state index is 11.8. The average Bonchev–Trinajstić information content (AvgIpc) is 2.68. The zero-order valence-corrected chi connectivity index (χ0v) is 14.9. The Kier molecular flexibility index (Phi) is 9.61. The number of nitrogens with one attached hydrogen (secondary N) is 4. The molecule has 0 aliphatic rings. The highest BCUT2D eigenvalue weighted by atomic mass is 16.4. The van der Waals surface area contributed by atoms with Crippen LogP contribution >= 0.6 is 0 Å². The van der Waals surface area contributed by atoms with E-state index >= 15 is 0 Å². The van der Waals surface area contributed by atoms with E-state index in [0.717, 1.165) is 0 Å². The number of carboxylic acid groups (broad SMARTS) is 1. The van der Waals surface area contributed by atoms with E-state index < -0.39 is 48.7 Å². The van der Waals surface area contributed by atoms with E-state index in [1.807, 2.05) is 0 Å². The molecular formula is C16H22N6O6. The molecule has 1 heterocycles. The van der Waals surface area contributed by atoms with Crippen LogP contribution in [-0.2, 0) is 30.4 Å². The average molecular weight is 394 g/mol. The molecule has 0 aliphatic heterocycles. The normalized spacial score (nSPS) is 11.0. The second-order valence-electron chi connectivity index (χ2n) is 5.56. The number of carbonyl (C=O) groups is 5. The fourth-order valence-corrected chi connectivity index (χ4v) is 1.93. The minimum absolute atomic E-state index is 0.0352. The Labute approximate surface area is 160 Å². The van der Waals surface area contributed by atoms with Crippen molar-refractivity contribution in [3.05, 3.63) is 30.1 Å². The Morgan fingerprint density at radius 3 is 2.04 bits per heavy atom. The summed E-state index contributed by atoms with van der Waals surface area (Å²) in [7, 11) is 0. The van der Waals surface area contributed by atoms with Crippen LogP contribution in [-0.4, -0.2) is 71.9 Å². The molecule has 152 valence electrons. The summed E-state index contributed by atoms with van der Waals surface area (Å²) in [5, 5.41) is 18.2. The first-order chi connectivity index (χ1) is 13.3. The molecule has 1 rings (SSSR count). The molecule has 0 aromatic carbocycles. The number of amides is 4. The molecule has 1 aromatic heterocycles. The third-order valence-corrected chi connectivity index (χ3v) is 3.32. The molecule has 1 atom stereocenters. The lowest BCUT2D eigenvalue weighted by Gasteiger charge is -2.15. The molecule has 12 nitrogen and oxygen atoms in total. The predicted molar refractivity (Wildman–Crippen MR) is 95.6 cm³/mol. The zero-order valence-electron chi connectivity index (χ0n) is 14.9. The van der Waals surface area contributed by atoms with Gasteiger partial charge in [0.25, 0.3) is 0 Å². The fraction of sp³-hybridized carbons (Fsp3) is 0.375. The van der Waals surface area contributed by atoms with Gasteiger partial charge in [-0.3, -0.25) is 24.2 Å². The van der Waals surface area contributed by atoms with Crippen LogP contribution in [0, 0.1) is 0 Å². The van der Waals surface area contributed by atoms with Gasteiger partial charge >= 0.3 is 5.97 Å². The Bertz CT molecular complexity index is 711. The number of hydrogen-bond donors (Lipinski definition) is 6. The standard InChI is InChI=1S/C16H22N6O6/c17-5-12(23)19-7-13(24)20-8-14(25)21-9-15(26)22-11(16(27)28)4-10-2-1-3-18-6-10/h1-3,6,11H,4-5,7-9,17H2,(H,19,23)(H,20,24)(H,21,25)(H,22,26)(H,27,28)/t11-/m0/s1. The van der Waals surface area contributed by atoms with Gasteiger partial charge in [-0.1, -0.05) is 6.07 Å². The second kappa shape index (κ2) is 12.0. The third kappa shape index (κ3) is 9.24. The van der Waals surface area contributed by atoms with Crippen LogP contribution < -0.4 is 27.0 Å². The summed E-state index contributed by atoms with van der Waals surface area (Å²) < 4.78 is 0. The lowest BCUT2D eigenvalue weighted by atomic mass is 10.1. The molecule has 0 saturated carbocycles. The summed E-state index contributed by atoms with van der Waals surface area (Å²) in [4.78, 5) is 60.9. The quantitative estimate of drug-likeness (QED) is 0.222. The third-order valence-electron chi connectivity index (χ3n) is 3.32. The number of nitrogens with two attached hydrogens (primary N) is 1. The monoisotopic (exact) mass is 394 g/mol. The van der Waals surface area contributed by atoms with E-state index in [-0.39, 0.29) is 19.5 Å². The zero-order chi connectivity index (χ0) is 20.9. The van der Waals surface area contributed by atoms with Crippen LogP contribution in [0.25, 0.3) is 0 Å². The number of carboxylic acids is 1. The molecule has 12 heteroatoms. The first kappa shape index (κ1) is 22.5. The van der Waals surface area contributed by atoms with Gasteiger partial charge in [0.05, 0.1) is 26.2 Å². The number of aliphatic carboxylic acids is 1. The summed E-state index contributed by atoms with van der Waals surface area (Å²) in [5.41, 5.74) is 5.69. The highest BCUT2D eigenvalue weighted by Crippen LogP contribution is 2.01. The van der Waals surface area contributed by atoms with Gasteiger partial charge in [0, 0.05) is 18.8 Å². The molecule has 4 amide bonds. The largest absolute Gasteiger partial charge is 0.480 e. The van der Waals surface area contributed by atoms with Crippen molar-refractivity contribution in [2.24, 2.45) is 5.73 Å². The number of nitrogens with zero attached hydrogens (tertiary/aromatic N) is 1. The Balaban J connectivity index is 2.33. The minimum Gasteiger partial charge on any atom is -0.480 e. The van der Waals surface area contributed by atoms with Crippen LogP contribution in [0.3, 0.4) is 0 Å². The van der Waals surface area contributed by atoms with Crippen LogP contribution in [0.15, 0.2) is 24.5 Å². The van der Waals surface area contributed by atoms with Gasteiger partial charge < -0.3 is 32.1 Å². The van der Waals surface area contributed by atoms with Gasteiger partial charge in [0.15, 0.2) is 0 Å². The molecule has 7 N–H and O–H groups in total. The summed E-state index contributed by atoms with van der Waals surface area (Å²) in [6.45, 7) is -1.47. The van der Waals surface area contributed by atoms with E-state index in [0.29, 0.717) is 5.56 Å². The van der Waals surface area contributed by atoms with Crippen molar-refractivity contribution in [1.82, 2.24) is 26.3 Å². The van der Waals surface area contributed by atoms with Crippen molar-refractivity contribution in [2.75, 3.05) is 26.2 Å². The van der Waals surface area contributed by atoms with E-state index in [2.05, 4.69) is 26.3 Å². The van der Waals surface area contributed by atoms with Crippen molar-refractivity contribution >= 4 is 29.6 Å². The summed E-state index contributed by atoms with van der Waals surface area (Å²) in [6, 6.07) is 2.14. The lowest BCUT2D eigenvalue weighted by Crippen LogP contribution is -2.48. The topological polar surface area (TPSA) is 193 Å². The van der Waals surface area contributed by atoms with E-state index in [4.69, 9.17) is 5.73 Å². The molecule has 0 saturated heterocycles. The van der Waals surface area contributed by atoms with Crippen molar-refractivity contribution in [2.45, 2.75) is 12.5 Å². The van der Waals surface area contributed by atoms with E-state index in [9.17, 15) is 29.1 Å². The molecule has 28 heavy (non-hydrogen) atoms. The van der Waals surface area contributed by atoms with Gasteiger partial charge in [-0.2, -0.15) is 0 Å². The van der Waals surface area contributed by atoms with Gasteiger partial charge in [0.1, 0.15) is 6.04 Å². The van der Waals surface area contributed by atoms with Crippen molar-refractivity contribution in [1.29, 1.82) is 0 Å². The van der Waals surface area contributed by atoms with Gasteiger partial charge in [-0.25, -0.2) is 4.79 Å². The first-order valence-electron chi connectivity index (χ1n) is 8.23. The van der Waals surface area contributed by atoms with Crippen LogP contribution in [0.5, 0.6) is 0 Å². The highest BCUT2D eigenvalue weighted by molar-refractivity contribution is 5.91. The van der Waals surface area contributed by atoms with Gasteiger partial charge in [-0.15, -0.1) is 0 Å². The van der Waals surface area contributed by atoms with E-state index in [1.54, 1.807) is 12.1 Å². The number of hydrogen-bond acceptors (Lipinski definition) is 7. The molecule has 1 aromatic rings. The number of aromatic nitrogens is 1. The molecule has 0 radical (unpaired) electrons. The van der Waals surface area contributed by atoms with Crippen LogP contribution in [0.1, 0.15) is 5.56 Å². The maximum Gasteiger partial charge on any atom is 0.326 e. The van der Waals surface area contributed by atoms with Crippen molar-refractivity contribution in [3.63, 3.8) is 0 Å². The number of rotatable bonds is 11. The minimum atomic E-state index is -1.23. The second-order valence-corrected chi connectivity index (χ2v) is 5.56. The molecular weight excluding hydrogens is 372 g/mol. The van der Waals surface area contributed by atoms with Gasteiger partial charge in [0.2, 0.25) is 23.6 Å². The summed E-state index contributed by atoms with van der Waals surface area (Å²) in [6.07, 6.45) is 3.06. The lowest BCUT2D eigenvalue weighted by molar-refractivity contribution is -0.141. The molecule has 0 unspecified atom stereocenters. The summed E-state index contributed by atoms with van der Waals surface area (Å²) in [5.74, 6) is -3.71. The molecule has 0 bridgehead atoms. The first-order valence-corrected chi connectivity index (χ1v) is 8.23. The Morgan fingerprint density at radius 1 is 0.964 bits per heavy atom. The number of carbonyl (C=O) groups excluding carboxylic acids is 4. The van der Waals surface area contributed by atoms with E-state index in [1.165, 1.54) is 12.4 Å².